The second-order valence-corrected chi connectivity index (χ2v) is 10.6. The number of rotatable bonds is 4. The first kappa shape index (κ1) is 28.4. The Labute approximate surface area is 253 Å². The van der Waals surface area contributed by atoms with E-state index in [4.69, 9.17) is 4.42 Å². The van der Waals surface area contributed by atoms with E-state index in [-0.39, 0.29) is 17.2 Å². The van der Waals surface area contributed by atoms with E-state index in [1.54, 1.807) is 12.1 Å². The number of halogens is 6. The van der Waals surface area contributed by atoms with Gasteiger partial charge < -0.3 is 4.42 Å². The van der Waals surface area contributed by atoms with E-state index in [0.29, 0.717) is 11.5 Å². The lowest BCUT2D eigenvalue weighted by atomic mass is 9.93. The summed E-state index contributed by atoms with van der Waals surface area (Å²) < 4.78 is 86.1. The third-order valence-electron chi connectivity index (χ3n) is 7.78. The minimum Gasteiger partial charge on any atom is -0.436 e. The first-order chi connectivity index (χ1) is 21.5. The van der Waals surface area contributed by atoms with Gasteiger partial charge in [0.05, 0.1) is 11.1 Å². The number of oxazole rings is 1. The number of hydrogen-bond acceptors (Lipinski definition) is 2. The topological polar surface area (TPSA) is 26.0 Å². The zero-order valence-electron chi connectivity index (χ0n) is 23.2. The lowest BCUT2D eigenvalue weighted by Gasteiger charge is -2.14. The van der Waals surface area contributed by atoms with E-state index in [9.17, 15) is 26.3 Å². The number of benzene rings is 6. The number of hydrogen-bond donors (Lipinski definition) is 0. The maximum atomic E-state index is 13.3. The standard InChI is InChI=1S/C37H21F6NO/c38-36(39,40)27-19-26(20-28(21-27)37(41,42)43)24-11-9-22(10-12-24)23-13-15-25(16-14-23)29-17-18-32(31-6-2-1-5-30(29)31)35-44-33-7-3-4-8-34(33)45-35/h1-21H. The molecule has 0 unspecified atom stereocenters. The quantitative estimate of drug-likeness (QED) is 0.186. The van der Waals surface area contributed by atoms with Crippen LogP contribution in [-0.2, 0) is 12.4 Å². The van der Waals surface area contributed by atoms with Gasteiger partial charge >= 0.3 is 12.4 Å². The Morgan fingerprint density at radius 1 is 0.444 bits per heavy atom. The molecule has 0 bridgehead atoms. The van der Waals surface area contributed by atoms with Gasteiger partial charge in [-0.2, -0.15) is 26.3 Å². The van der Waals surface area contributed by atoms with E-state index in [1.165, 1.54) is 12.1 Å². The molecule has 0 N–H and O–H groups in total. The number of nitrogens with zero attached hydrogens (tertiary/aromatic N) is 1. The van der Waals surface area contributed by atoms with Crippen LogP contribution in [0.1, 0.15) is 11.1 Å². The van der Waals surface area contributed by atoms with Crippen LogP contribution in [0.3, 0.4) is 0 Å². The lowest BCUT2D eigenvalue weighted by Crippen LogP contribution is -2.11. The molecule has 7 rings (SSSR count). The van der Waals surface area contributed by atoms with Crippen LogP contribution in [0.4, 0.5) is 26.3 Å². The summed E-state index contributed by atoms with van der Waals surface area (Å²) in [4.78, 5) is 4.67. The van der Waals surface area contributed by atoms with Crippen molar-refractivity contribution >= 4 is 21.9 Å². The van der Waals surface area contributed by atoms with Gasteiger partial charge in [0, 0.05) is 5.56 Å². The third-order valence-corrected chi connectivity index (χ3v) is 7.78. The maximum Gasteiger partial charge on any atom is 0.416 e. The smallest absolute Gasteiger partial charge is 0.416 e. The minimum absolute atomic E-state index is 0.131. The molecule has 0 aliphatic heterocycles. The Hall–Kier alpha value is -5.37. The van der Waals surface area contributed by atoms with Crippen LogP contribution in [0, 0.1) is 0 Å². The number of para-hydroxylation sites is 2. The van der Waals surface area contributed by atoms with Gasteiger partial charge in [-0.05, 0) is 80.6 Å². The summed E-state index contributed by atoms with van der Waals surface area (Å²) in [6, 6.07) is 35.5. The summed E-state index contributed by atoms with van der Waals surface area (Å²) in [6.07, 6.45) is -9.82. The Morgan fingerprint density at radius 2 is 0.911 bits per heavy atom. The van der Waals surface area contributed by atoms with Gasteiger partial charge in [-0.25, -0.2) is 4.98 Å². The van der Waals surface area contributed by atoms with E-state index < -0.39 is 23.5 Å². The predicted molar refractivity (Wildman–Crippen MR) is 163 cm³/mol. The fourth-order valence-corrected chi connectivity index (χ4v) is 5.54. The molecule has 0 spiro atoms. The van der Waals surface area contributed by atoms with Crippen LogP contribution < -0.4 is 0 Å². The predicted octanol–water partition coefficient (Wildman–Crippen LogP) is 11.7. The van der Waals surface area contributed by atoms with E-state index in [0.717, 1.165) is 56.2 Å². The Kier molecular flexibility index (Phi) is 6.73. The molecule has 2 nitrogen and oxygen atoms in total. The van der Waals surface area contributed by atoms with E-state index in [1.807, 2.05) is 84.9 Å². The van der Waals surface area contributed by atoms with Crippen LogP contribution in [0.2, 0.25) is 0 Å². The molecule has 0 atom stereocenters. The molecule has 222 valence electrons. The van der Waals surface area contributed by atoms with Crippen molar-refractivity contribution in [1.29, 1.82) is 0 Å². The summed E-state index contributed by atoms with van der Waals surface area (Å²) in [5.41, 5.74) is 3.37. The molecule has 1 aromatic heterocycles. The molecule has 6 aromatic carbocycles. The molecule has 7 aromatic rings. The monoisotopic (exact) mass is 609 g/mol. The molecule has 0 saturated carbocycles. The molecule has 0 aliphatic rings. The lowest BCUT2D eigenvalue weighted by molar-refractivity contribution is -0.143. The van der Waals surface area contributed by atoms with E-state index >= 15 is 0 Å². The van der Waals surface area contributed by atoms with Gasteiger partial charge in [0.25, 0.3) is 0 Å². The Morgan fingerprint density at radius 3 is 1.47 bits per heavy atom. The molecule has 1 heterocycles. The molecule has 0 amide bonds. The van der Waals surface area contributed by atoms with Crippen LogP contribution in [0.5, 0.6) is 0 Å². The van der Waals surface area contributed by atoms with Gasteiger partial charge in [-0.3, -0.25) is 0 Å². The highest BCUT2D eigenvalue weighted by Crippen LogP contribution is 2.40. The second-order valence-electron chi connectivity index (χ2n) is 10.6. The normalized spacial score (nSPS) is 12.2. The van der Waals surface area contributed by atoms with Gasteiger partial charge in [0.2, 0.25) is 5.89 Å². The van der Waals surface area contributed by atoms with Crippen LogP contribution in [-0.4, -0.2) is 4.98 Å². The zero-order chi connectivity index (χ0) is 31.3. The zero-order valence-corrected chi connectivity index (χ0v) is 23.2. The van der Waals surface area contributed by atoms with Crippen LogP contribution in [0.15, 0.2) is 132 Å². The molecule has 0 fully saturated rings. The first-order valence-electron chi connectivity index (χ1n) is 13.9. The largest absolute Gasteiger partial charge is 0.436 e. The summed E-state index contributed by atoms with van der Waals surface area (Å²) in [7, 11) is 0. The van der Waals surface area contributed by atoms with Crippen molar-refractivity contribution in [3.8, 4) is 44.8 Å². The summed E-state index contributed by atoms with van der Waals surface area (Å²) >= 11 is 0. The first-order valence-corrected chi connectivity index (χ1v) is 13.9. The third kappa shape index (κ3) is 5.44. The molecular formula is C37H21F6NO. The molecular weight excluding hydrogens is 588 g/mol. The summed E-state index contributed by atoms with van der Waals surface area (Å²) in [6.45, 7) is 0. The fraction of sp³-hybridized carbons (Fsp3) is 0.0541. The number of fused-ring (bicyclic) bond motifs is 2. The second kappa shape index (κ2) is 10.7. The average Bonchev–Trinajstić information content (AvgIpc) is 3.48. The minimum atomic E-state index is -4.91. The van der Waals surface area contributed by atoms with Crippen molar-refractivity contribution in [2.75, 3.05) is 0 Å². The molecule has 0 radical (unpaired) electrons. The number of aromatic nitrogens is 1. The molecule has 0 saturated heterocycles. The highest BCUT2D eigenvalue weighted by molar-refractivity contribution is 6.04. The van der Waals surface area contributed by atoms with Gasteiger partial charge in [-0.15, -0.1) is 0 Å². The SMILES string of the molecule is FC(F)(F)c1cc(-c2ccc(-c3ccc(-c4ccc(-c5nc6ccccc6o5)c5ccccc45)cc3)cc2)cc(C(F)(F)F)c1. The van der Waals surface area contributed by atoms with Crippen molar-refractivity contribution in [3.05, 3.63) is 139 Å². The van der Waals surface area contributed by atoms with Crippen molar-refractivity contribution in [1.82, 2.24) is 4.98 Å². The van der Waals surface area contributed by atoms with Crippen LogP contribution in [0.25, 0.3) is 66.7 Å². The highest BCUT2D eigenvalue weighted by Gasteiger charge is 2.37. The van der Waals surface area contributed by atoms with Gasteiger partial charge in [-0.1, -0.05) is 91.0 Å². The average molecular weight is 610 g/mol. The Bertz CT molecular complexity index is 2110. The Balaban J connectivity index is 1.20. The van der Waals surface area contributed by atoms with Gasteiger partial charge in [0.15, 0.2) is 5.58 Å². The summed E-state index contributed by atoms with van der Waals surface area (Å²) in [5, 5.41) is 2.01. The summed E-state index contributed by atoms with van der Waals surface area (Å²) in [5.74, 6) is 0.539. The highest BCUT2D eigenvalue weighted by atomic mass is 19.4. The van der Waals surface area contributed by atoms with Crippen molar-refractivity contribution in [2.45, 2.75) is 12.4 Å². The van der Waals surface area contributed by atoms with Crippen molar-refractivity contribution in [2.24, 2.45) is 0 Å². The van der Waals surface area contributed by atoms with Crippen molar-refractivity contribution < 1.29 is 30.8 Å². The molecule has 45 heavy (non-hydrogen) atoms. The maximum absolute atomic E-state index is 13.3. The molecule has 0 aliphatic carbocycles. The fourth-order valence-electron chi connectivity index (χ4n) is 5.54. The number of alkyl halides is 6. The van der Waals surface area contributed by atoms with Crippen molar-refractivity contribution in [3.63, 3.8) is 0 Å². The van der Waals surface area contributed by atoms with Gasteiger partial charge in [0.1, 0.15) is 5.52 Å². The van der Waals surface area contributed by atoms with E-state index in [2.05, 4.69) is 4.98 Å². The molecule has 8 heteroatoms. The van der Waals surface area contributed by atoms with Crippen LogP contribution >= 0.6 is 0 Å².